The fourth-order valence-electron chi connectivity index (χ4n) is 4.98. The molecule has 0 spiro atoms. The third-order valence-electron chi connectivity index (χ3n) is 6.91. The van der Waals surface area contributed by atoms with E-state index in [1.807, 2.05) is 51.2 Å². The topological polar surface area (TPSA) is 60.2 Å². The summed E-state index contributed by atoms with van der Waals surface area (Å²) in [5, 5.41) is 13.9. The van der Waals surface area contributed by atoms with E-state index in [1.54, 1.807) is 0 Å². The molecule has 1 N–H and O–H groups in total. The van der Waals surface area contributed by atoms with Gasteiger partial charge in [-0.3, -0.25) is 4.57 Å². The summed E-state index contributed by atoms with van der Waals surface area (Å²) >= 11 is 0. The number of rotatable bonds is 4. The van der Waals surface area contributed by atoms with Gasteiger partial charge in [-0.1, -0.05) is 37.3 Å². The molecule has 6 rings (SSSR count). The zero-order valence-electron chi connectivity index (χ0n) is 20.8. The normalized spacial score (nSPS) is 11.6. The maximum Gasteiger partial charge on any atom is 0.219 e. The molecule has 0 aliphatic rings. The number of aromatic nitrogens is 3. The Balaban J connectivity index is 1.55. The first kappa shape index (κ1) is 22.1. The van der Waals surface area contributed by atoms with Crippen LogP contribution < -0.4 is 4.74 Å². The van der Waals surface area contributed by atoms with E-state index in [0.29, 0.717) is 17.1 Å². The largest absolute Gasteiger partial charge is 0.505 e. The SMILES string of the molecule is CCc1ccc2ccc(Oc3cc4c(cc3C)c3c(C)cccc3n4-c3ccc(C)cn3)nc2c1O. The molecule has 3 aromatic carbocycles. The summed E-state index contributed by atoms with van der Waals surface area (Å²) in [5.41, 5.74) is 6.90. The number of aryl methyl sites for hydroxylation is 4. The predicted octanol–water partition coefficient (Wildman–Crippen LogP) is 7.71. The van der Waals surface area contributed by atoms with Crippen molar-refractivity contribution in [3.05, 3.63) is 95.2 Å². The van der Waals surface area contributed by atoms with Gasteiger partial charge >= 0.3 is 0 Å². The molecular weight excluding hydrogens is 446 g/mol. The van der Waals surface area contributed by atoms with Gasteiger partial charge in [-0.05, 0) is 73.7 Å². The van der Waals surface area contributed by atoms with Crippen LogP contribution in [0.5, 0.6) is 17.4 Å². The summed E-state index contributed by atoms with van der Waals surface area (Å²) in [6.07, 6.45) is 2.63. The van der Waals surface area contributed by atoms with E-state index in [9.17, 15) is 5.11 Å². The molecule has 0 aliphatic heterocycles. The van der Waals surface area contributed by atoms with Crippen LogP contribution in [0, 0.1) is 20.8 Å². The van der Waals surface area contributed by atoms with Crippen molar-refractivity contribution in [2.24, 2.45) is 0 Å². The third-order valence-corrected chi connectivity index (χ3v) is 6.91. The minimum atomic E-state index is 0.216. The molecule has 0 saturated carbocycles. The number of aromatic hydroxyl groups is 1. The first-order chi connectivity index (χ1) is 17.4. The van der Waals surface area contributed by atoms with Crippen LogP contribution in [0.2, 0.25) is 0 Å². The maximum absolute atomic E-state index is 10.7. The van der Waals surface area contributed by atoms with Crippen molar-refractivity contribution in [2.45, 2.75) is 34.1 Å². The van der Waals surface area contributed by atoms with Gasteiger partial charge in [0.05, 0.1) is 11.0 Å². The molecule has 0 radical (unpaired) electrons. The van der Waals surface area contributed by atoms with Gasteiger partial charge in [0, 0.05) is 34.5 Å². The average Bonchev–Trinajstić information content (AvgIpc) is 3.19. The highest BCUT2D eigenvalue weighted by molar-refractivity contribution is 6.11. The van der Waals surface area contributed by atoms with Crippen LogP contribution in [0.1, 0.15) is 29.2 Å². The van der Waals surface area contributed by atoms with E-state index in [4.69, 9.17) is 9.72 Å². The van der Waals surface area contributed by atoms with Gasteiger partial charge in [0.15, 0.2) is 0 Å². The molecule has 6 aromatic rings. The molecule has 178 valence electrons. The number of pyridine rings is 2. The quantitative estimate of drug-likeness (QED) is 0.285. The molecule has 3 aromatic heterocycles. The monoisotopic (exact) mass is 473 g/mol. The van der Waals surface area contributed by atoms with Gasteiger partial charge in [-0.2, -0.15) is 0 Å². The smallest absolute Gasteiger partial charge is 0.219 e. The molecule has 0 amide bonds. The molecule has 0 atom stereocenters. The Labute approximate surface area is 209 Å². The molecule has 36 heavy (non-hydrogen) atoms. The van der Waals surface area contributed by atoms with E-state index < -0.39 is 0 Å². The van der Waals surface area contributed by atoms with Gasteiger partial charge in [-0.15, -0.1) is 0 Å². The van der Waals surface area contributed by atoms with Crippen molar-refractivity contribution in [1.82, 2.24) is 14.5 Å². The van der Waals surface area contributed by atoms with Crippen molar-refractivity contribution in [2.75, 3.05) is 0 Å². The average molecular weight is 474 g/mol. The number of phenolic OH excluding ortho intramolecular Hbond substituents is 1. The number of benzene rings is 3. The number of hydrogen-bond acceptors (Lipinski definition) is 4. The van der Waals surface area contributed by atoms with E-state index in [2.05, 4.69) is 58.9 Å². The number of fused-ring (bicyclic) bond motifs is 4. The van der Waals surface area contributed by atoms with Gasteiger partial charge in [-0.25, -0.2) is 9.97 Å². The van der Waals surface area contributed by atoms with Crippen LogP contribution in [0.3, 0.4) is 0 Å². The van der Waals surface area contributed by atoms with E-state index in [0.717, 1.165) is 50.7 Å². The second-order valence-electron chi connectivity index (χ2n) is 9.38. The van der Waals surface area contributed by atoms with Crippen molar-refractivity contribution < 1.29 is 9.84 Å². The Hall–Kier alpha value is -4.38. The predicted molar refractivity (Wildman–Crippen MR) is 146 cm³/mol. The maximum atomic E-state index is 10.7. The Morgan fingerprint density at radius 3 is 2.50 bits per heavy atom. The second kappa shape index (κ2) is 8.38. The van der Waals surface area contributed by atoms with E-state index in [1.165, 1.54) is 10.9 Å². The van der Waals surface area contributed by atoms with Crippen molar-refractivity contribution >= 4 is 32.7 Å². The van der Waals surface area contributed by atoms with Crippen LogP contribution in [-0.4, -0.2) is 19.6 Å². The molecule has 0 unspecified atom stereocenters. The van der Waals surface area contributed by atoms with Crippen molar-refractivity contribution in [3.8, 4) is 23.2 Å². The lowest BCUT2D eigenvalue weighted by Gasteiger charge is -2.12. The number of phenols is 1. The standard InChI is InChI=1S/C31H27N3O2/c1-5-21-10-11-22-12-14-28(33-30(22)31(21)35)36-26-16-25-23(15-20(26)4)29-19(3)7-6-8-24(29)34(25)27-13-9-18(2)17-32-27/h6-17,35H,5H2,1-4H3. The first-order valence-electron chi connectivity index (χ1n) is 12.2. The summed E-state index contributed by atoms with van der Waals surface area (Å²) < 4.78 is 8.53. The van der Waals surface area contributed by atoms with Crippen molar-refractivity contribution in [3.63, 3.8) is 0 Å². The highest BCUT2D eigenvalue weighted by atomic mass is 16.5. The Morgan fingerprint density at radius 2 is 1.72 bits per heavy atom. The molecule has 5 nitrogen and oxygen atoms in total. The number of hydrogen-bond donors (Lipinski definition) is 1. The van der Waals surface area contributed by atoms with Crippen molar-refractivity contribution in [1.29, 1.82) is 0 Å². The zero-order chi connectivity index (χ0) is 25.0. The van der Waals surface area contributed by atoms with Crippen LogP contribution in [0.25, 0.3) is 38.5 Å². The summed E-state index contributed by atoms with van der Waals surface area (Å²) in [4.78, 5) is 9.38. The molecule has 0 fully saturated rings. The summed E-state index contributed by atoms with van der Waals surface area (Å²) in [6, 6.07) is 22.4. The fourth-order valence-corrected chi connectivity index (χ4v) is 4.98. The lowest BCUT2D eigenvalue weighted by Crippen LogP contribution is -1.98. The van der Waals surface area contributed by atoms with Crippen LogP contribution >= 0.6 is 0 Å². The van der Waals surface area contributed by atoms with Crippen LogP contribution in [0.4, 0.5) is 0 Å². The highest BCUT2D eigenvalue weighted by Gasteiger charge is 2.18. The Bertz CT molecular complexity index is 1780. The molecular formula is C31H27N3O2. The Kier molecular flexibility index (Phi) is 5.15. The van der Waals surface area contributed by atoms with Gasteiger partial charge in [0.2, 0.25) is 5.88 Å². The Morgan fingerprint density at radius 1 is 0.889 bits per heavy atom. The third kappa shape index (κ3) is 3.47. The summed E-state index contributed by atoms with van der Waals surface area (Å²) in [7, 11) is 0. The fraction of sp³-hybridized carbons (Fsp3) is 0.161. The van der Waals surface area contributed by atoms with E-state index in [-0.39, 0.29) is 5.75 Å². The van der Waals surface area contributed by atoms with Crippen LogP contribution in [-0.2, 0) is 6.42 Å². The number of nitrogens with zero attached hydrogens (tertiary/aromatic N) is 3. The van der Waals surface area contributed by atoms with E-state index >= 15 is 0 Å². The lowest BCUT2D eigenvalue weighted by molar-refractivity contribution is 0.456. The summed E-state index contributed by atoms with van der Waals surface area (Å²) in [6.45, 7) is 8.25. The molecule has 3 heterocycles. The molecule has 0 bridgehead atoms. The minimum Gasteiger partial charge on any atom is -0.505 e. The molecule has 5 heteroatoms. The van der Waals surface area contributed by atoms with Gasteiger partial charge < -0.3 is 9.84 Å². The van der Waals surface area contributed by atoms with Gasteiger partial charge in [0.25, 0.3) is 0 Å². The number of ether oxygens (including phenoxy) is 1. The molecule has 0 saturated heterocycles. The lowest BCUT2D eigenvalue weighted by atomic mass is 10.1. The minimum absolute atomic E-state index is 0.216. The summed E-state index contributed by atoms with van der Waals surface area (Å²) in [5.74, 6) is 2.24. The van der Waals surface area contributed by atoms with Gasteiger partial charge in [0.1, 0.15) is 22.8 Å². The second-order valence-corrected chi connectivity index (χ2v) is 9.38. The first-order valence-corrected chi connectivity index (χ1v) is 12.2. The molecule has 0 aliphatic carbocycles. The zero-order valence-corrected chi connectivity index (χ0v) is 20.8. The highest BCUT2D eigenvalue weighted by Crippen LogP contribution is 2.38. The van der Waals surface area contributed by atoms with Crippen LogP contribution in [0.15, 0.2) is 72.9 Å².